The van der Waals surface area contributed by atoms with Crippen LogP contribution in [0.2, 0.25) is 5.02 Å². The number of carbonyl (C=O) groups excluding carboxylic acids is 2. The molecule has 0 radical (unpaired) electrons. The van der Waals surface area contributed by atoms with E-state index in [1.165, 1.54) is 0 Å². The molecule has 142 valence electrons. The van der Waals surface area contributed by atoms with Gasteiger partial charge in [-0.1, -0.05) is 23.7 Å². The van der Waals surface area contributed by atoms with Crippen molar-refractivity contribution >= 4 is 40.9 Å². The molecule has 7 heteroatoms. The molecule has 1 amide bonds. The van der Waals surface area contributed by atoms with Crippen LogP contribution in [0.4, 0.5) is 5.69 Å². The number of rotatable bonds is 7. The molecular weight excluding hydrogens is 386 g/mol. The van der Waals surface area contributed by atoms with Gasteiger partial charge in [-0.25, -0.2) is 4.79 Å². The smallest absolute Gasteiger partial charge is 0.339 e. The van der Waals surface area contributed by atoms with E-state index in [-0.39, 0.29) is 12.7 Å². The number of carbonyl (C=O) groups is 2. The van der Waals surface area contributed by atoms with E-state index < -0.39 is 11.9 Å². The summed E-state index contributed by atoms with van der Waals surface area (Å²) in [5.41, 5.74) is 1.05. The van der Waals surface area contributed by atoms with Crippen molar-refractivity contribution < 1.29 is 19.1 Å². The normalized spacial score (nSPS) is 16.1. The minimum absolute atomic E-state index is 0.226. The van der Waals surface area contributed by atoms with E-state index >= 15 is 0 Å². The fraction of sp³-hybridized carbons (Fsp3) is 0.300. The molecule has 1 heterocycles. The highest BCUT2D eigenvalue weighted by Gasteiger charge is 2.19. The maximum Gasteiger partial charge on any atom is 0.339 e. The SMILES string of the molecule is O=C(COC(=O)c1ccccc1SC[C@@H]1CCCO1)Nc1ccc(Cl)cc1. The van der Waals surface area contributed by atoms with Crippen LogP contribution in [0.5, 0.6) is 0 Å². The Morgan fingerprint density at radius 1 is 1.19 bits per heavy atom. The Kier molecular flexibility index (Phi) is 7.15. The van der Waals surface area contributed by atoms with Crippen molar-refractivity contribution in [2.45, 2.75) is 23.8 Å². The lowest BCUT2D eigenvalue weighted by Gasteiger charge is -2.12. The van der Waals surface area contributed by atoms with Gasteiger partial charge in [0.25, 0.3) is 5.91 Å². The van der Waals surface area contributed by atoms with Gasteiger partial charge in [-0.2, -0.15) is 0 Å². The van der Waals surface area contributed by atoms with Gasteiger partial charge in [0.15, 0.2) is 6.61 Å². The summed E-state index contributed by atoms with van der Waals surface area (Å²) < 4.78 is 10.8. The molecule has 0 spiro atoms. The van der Waals surface area contributed by atoms with E-state index in [1.807, 2.05) is 12.1 Å². The fourth-order valence-corrected chi connectivity index (χ4v) is 3.89. The van der Waals surface area contributed by atoms with Crippen LogP contribution in [0.1, 0.15) is 23.2 Å². The lowest BCUT2D eigenvalue weighted by molar-refractivity contribution is -0.119. The second kappa shape index (κ2) is 9.78. The molecule has 1 fully saturated rings. The number of anilines is 1. The lowest BCUT2D eigenvalue weighted by atomic mass is 10.2. The minimum Gasteiger partial charge on any atom is -0.452 e. The predicted octanol–water partition coefficient (Wildman–Crippen LogP) is 4.41. The molecule has 0 bridgehead atoms. The van der Waals surface area contributed by atoms with Crippen molar-refractivity contribution in [2.24, 2.45) is 0 Å². The molecule has 3 rings (SSSR count). The third-order valence-electron chi connectivity index (χ3n) is 4.02. The first-order valence-corrected chi connectivity index (χ1v) is 10.0. The molecule has 1 aliphatic heterocycles. The maximum absolute atomic E-state index is 12.4. The van der Waals surface area contributed by atoms with Crippen molar-refractivity contribution in [3.05, 3.63) is 59.1 Å². The van der Waals surface area contributed by atoms with Crippen molar-refractivity contribution in [1.29, 1.82) is 0 Å². The van der Waals surface area contributed by atoms with Crippen LogP contribution in [-0.4, -0.2) is 36.9 Å². The Hall–Kier alpha value is -2.02. The molecule has 0 aliphatic carbocycles. The van der Waals surface area contributed by atoms with Gasteiger partial charge in [0.1, 0.15) is 0 Å². The van der Waals surface area contributed by atoms with E-state index in [2.05, 4.69) is 5.32 Å². The first-order chi connectivity index (χ1) is 13.1. The highest BCUT2D eigenvalue weighted by molar-refractivity contribution is 7.99. The molecule has 0 aromatic heterocycles. The molecular formula is C20H20ClNO4S. The molecule has 0 saturated carbocycles. The second-order valence-corrected chi connectivity index (χ2v) is 7.57. The zero-order valence-corrected chi connectivity index (χ0v) is 16.2. The van der Waals surface area contributed by atoms with Crippen LogP contribution in [0, 0.1) is 0 Å². The molecule has 1 N–H and O–H groups in total. The minimum atomic E-state index is -0.517. The standard InChI is InChI=1S/C20H20ClNO4S/c21-14-7-9-15(10-8-14)22-19(23)12-26-20(24)17-5-1-2-6-18(17)27-13-16-4-3-11-25-16/h1-2,5-10,16H,3-4,11-13H2,(H,22,23)/t16-/m0/s1. The highest BCUT2D eigenvalue weighted by atomic mass is 35.5. The number of hydrogen-bond acceptors (Lipinski definition) is 5. The Bertz CT molecular complexity index is 791. The van der Waals surface area contributed by atoms with E-state index in [0.29, 0.717) is 16.3 Å². The van der Waals surface area contributed by atoms with Crippen LogP contribution in [0.25, 0.3) is 0 Å². The van der Waals surface area contributed by atoms with Gasteiger partial charge in [-0.3, -0.25) is 4.79 Å². The van der Waals surface area contributed by atoms with E-state index in [4.69, 9.17) is 21.1 Å². The van der Waals surface area contributed by atoms with E-state index in [0.717, 1.165) is 30.1 Å². The predicted molar refractivity (Wildman–Crippen MR) is 107 cm³/mol. The number of hydrogen-bond donors (Lipinski definition) is 1. The summed E-state index contributed by atoms with van der Waals surface area (Å²) in [5.74, 6) is -0.131. The summed E-state index contributed by atoms with van der Waals surface area (Å²) in [6.07, 6.45) is 2.35. The van der Waals surface area contributed by atoms with Gasteiger partial charge >= 0.3 is 5.97 Å². The third kappa shape index (κ3) is 5.99. The molecule has 2 aromatic carbocycles. The zero-order chi connectivity index (χ0) is 19.1. The number of benzene rings is 2. The van der Waals surface area contributed by atoms with Crippen molar-refractivity contribution in [1.82, 2.24) is 0 Å². The van der Waals surface area contributed by atoms with E-state index in [9.17, 15) is 9.59 Å². The van der Waals surface area contributed by atoms with Gasteiger partial charge in [0.2, 0.25) is 0 Å². The van der Waals surface area contributed by atoms with Crippen molar-refractivity contribution in [3.63, 3.8) is 0 Å². The van der Waals surface area contributed by atoms with Crippen LogP contribution in [0.3, 0.4) is 0 Å². The van der Waals surface area contributed by atoms with Gasteiger partial charge in [-0.05, 0) is 49.2 Å². The summed E-state index contributed by atoms with van der Waals surface area (Å²) in [5, 5.41) is 3.24. The number of thioether (sulfide) groups is 1. The lowest BCUT2D eigenvalue weighted by Crippen LogP contribution is -2.21. The maximum atomic E-state index is 12.4. The van der Waals surface area contributed by atoms with Gasteiger partial charge in [0.05, 0.1) is 11.7 Å². The zero-order valence-electron chi connectivity index (χ0n) is 14.7. The molecule has 0 unspecified atom stereocenters. The van der Waals surface area contributed by atoms with Crippen LogP contribution in [-0.2, 0) is 14.3 Å². The van der Waals surface area contributed by atoms with Crippen LogP contribution >= 0.6 is 23.4 Å². The molecule has 1 saturated heterocycles. The quantitative estimate of drug-likeness (QED) is 0.546. The summed E-state index contributed by atoms with van der Waals surface area (Å²) in [4.78, 5) is 25.2. The number of nitrogens with one attached hydrogen (secondary N) is 1. The summed E-state index contributed by atoms with van der Waals surface area (Å²) in [7, 11) is 0. The first kappa shape index (κ1) is 19.7. The molecule has 1 aliphatic rings. The van der Waals surface area contributed by atoms with E-state index in [1.54, 1.807) is 48.2 Å². The molecule has 5 nitrogen and oxygen atoms in total. The third-order valence-corrected chi connectivity index (χ3v) is 5.48. The van der Waals surface area contributed by atoms with Crippen LogP contribution < -0.4 is 5.32 Å². The number of ether oxygens (including phenoxy) is 2. The Morgan fingerprint density at radius 3 is 2.70 bits per heavy atom. The Morgan fingerprint density at radius 2 is 1.96 bits per heavy atom. The highest BCUT2D eigenvalue weighted by Crippen LogP contribution is 2.27. The monoisotopic (exact) mass is 405 g/mol. The van der Waals surface area contributed by atoms with Crippen molar-refractivity contribution in [2.75, 3.05) is 24.3 Å². The topological polar surface area (TPSA) is 64.6 Å². The average Bonchev–Trinajstić information content (AvgIpc) is 3.20. The number of esters is 1. The number of amides is 1. The summed E-state index contributed by atoms with van der Waals surface area (Å²) in [6.45, 7) is 0.448. The molecule has 27 heavy (non-hydrogen) atoms. The van der Waals surface area contributed by atoms with Gasteiger partial charge in [-0.15, -0.1) is 11.8 Å². The number of halogens is 1. The molecule has 1 atom stereocenters. The van der Waals surface area contributed by atoms with Crippen LogP contribution in [0.15, 0.2) is 53.4 Å². The van der Waals surface area contributed by atoms with Gasteiger partial charge < -0.3 is 14.8 Å². The Balaban J connectivity index is 1.52. The molecule has 2 aromatic rings. The summed E-state index contributed by atoms with van der Waals surface area (Å²) >= 11 is 7.38. The largest absolute Gasteiger partial charge is 0.452 e. The first-order valence-electron chi connectivity index (χ1n) is 8.68. The second-order valence-electron chi connectivity index (χ2n) is 6.07. The summed E-state index contributed by atoms with van der Waals surface area (Å²) in [6, 6.07) is 13.9. The average molecular weight is 406 g/mol. The van der Waals surface area contributed by atoms with Gasteiger partial charge in [0, 0.05) is 28.0 Å². The Labute approximate surface area is 167 Å². The fourth-order valence-electron chi connectivity index (χ4n) is 2.66. The van der Waals surface area contributed by atoms with Crippen molar-refractivity contribution in [3.8, 4) is 0 Å².